The van der Waals surface area contributed by atoms with Gasteiger partial charge in [-0.3, -0.25) is 0 Å². The maximum absolute atomic E-state index is 9.52. The molecule has 4 heterocycles. The number of tetrazole rings is 1. The van der Waals surface area contributed by atoms with Gasteiger partial charge < -0.3 is 15.3 Å². The van der Waals surface area contributed by atoms with E-state index in [9.17, 15) is 5.11 Å². The minimum absolute atomic E-state index is 0.0224. The molecule has 9 heteroatoms. The van der Waals surface area contributed by atoms with Gasteiger partial charge >= 0.3 is 0 Å². The fourth-order valence-electron chi connectivity index (χ4n) is 3.02. The Morgan fingerprint density at radius 2 is 2.30 bits per heavy atom. The van der Waals surface area contributed by atoms with Gasteiger partial charge in [0.25, 0.3) is 5.78 Å². The highest BCUT2D eigenvalue weighted by Crippen LogP contribution is 2.38. The van der Waals surface area contributed by atoms with Crippen LogP contribution in [0.15, 0.2) is 0 Å². The number of fused-ring (bicyclic) bond motifs is 5. The fourth-order valence-corrected chi connectivity index (χ4v) is 4.40. The lowest BCUT2D eigenvalue weighted by molar-refractivity contribution is 0.271. The lowest BCUT2D eigenvalue weighted by Crippen LogP contribution is -2.26. The summed E-state index contributed by atoms with van der Waals surface area (Å²) in [4.78, 5) is 9.28. The maximum Gasteiger partial charge on any atom is 0.276 e. The lowest BCUT2D eigenvalue weighted by atomic mass is 10.1. The van der Waals surface area contributed by atoms with Gasteiger partial charge in [0.15, 0.2) is 0 Å². The second-order valence-electron chi connectivity index (χ2n) is 5.95. The van der Waals surface area contributed by atoms with Crippen molar-refractivity contribution in [3.05, 3.63) is 10.4 Å². The van der Waals surface area contributed by atoms with Crippen molar-refractivity contribution in [3.8, 4) is 0 Å². The first-order chi connectivity index (χ1) is 11.2. The zero-order valence-corrected chi connectivity index (χ0v) is 14.0. The molecule has 0 aromatic carbocycles. The molecule has 2 N–H and O–H groups in total. The SMILES string of the molecule is CC[C@@H](CO)Nc1nc2nnnn2c2sc3c(c12)CCN(C)C3. The number of aromatic nitrogens is 5. The molecule has 0 bridgehead atoms. The highest BCUT2D eigenvalue weighted by molar-refractivity contribution is 7.19. The van der Waals surface area contributed by atoms with E-state index in [2.05, 4.69) is 37.8 Å². The van der Waals surface area contributed by atoms with Crippen molar-refractivity contribution < 1.29 is 5.11 Å². The number of nitrogens with zero attached hydrogens (tertiary/aromatic N) is 6. The predicted octanol–water partition coefficient (Wildman–Crippen LogP) is 0.905. The molecule has 8 nitrogen and oxygen atoms in total. The van der Waals surface area contributed by atoms with Gasteiger partial charge in [-0.15, -0.1) is 11.3 Å². The van der Waals surface area contributed by atoms with Gasteiger partial charge in [0.05, 0.1) is 18.0 Å². The van der Waals surface area contributed by atoms with Gasteiger partial charge in [-0.2, -0.15) is 9.50 Å². The van der Waals surface area contributed by atoms with Crippen LogP contribution < -0.4 is 5.32 Å². The molecular weight excluding hydrogens is 314 g/mol. The molecular formula is C14H19N7OS. The molecule has 3 aromatic rings. The summed E-state index contributed by atoms with van der Waals surface area (Å²) < 4.78 is 1.71. The van der Waals surface area contributed by atoms with E-state index in [0.717, 1.165) is 42.0 Å². The fraction of sp³-hybridized carbons (Fsp3) is 0.571. The van der Waals surface area contributed by atoms with Crippen molar-refractivity contribution in [2.24, 2.45) is 0 Å². The number of hydrogen-bond acceptors (Lipinski definition) is 8. The molecule has 4 rings (SSSR count). The summed E-state index contributed by atoms with van der Waals surface area (Å²) in [6.45, 7) is 4.09. The summed E-state index contributed by atoms with van der Waals surface area (Å²) in [5, 5.41) is 25.8. The third-order valence-electron chi connectivity index (χ3n) is 4.38. The maximum atomic E-state index is 9.52. The number of rotatable bonds is 4. The minimum Gasteiger partial charge on any atom is -0.394 e. The molecule has 122 valence electrons. The zero-order valence-electron chi connectivity index (χ0n) is 13.2. The highest BCUT2D eigenvalue weighted by atomic mass is 32.1. The first-order valence-electron chi connectivity index (χ1n) is 7.79. The summed E-state index contributed by atoms with van der Waals surface area (Å²) in [6.07, 6.45) is 1.82. The topological polar surface area (TPSA) is 91.5 Å². The molecule has 1 atom stereocenters. The van der Waals surface area contributed by atoms with Crippen LogP contribution >= 0.6 is 11.3 Å². The van der Waals surface area contributed by atoms with Crippen molar-refractivity contribution in [2.75, 3.05) is 25.5 Å². The van der Waals surface area contributed by atoms with Gasteiger partial charge in [0.1, 0.15) is 10.6 Å². The lowest BCUT2D eigenvalue weighted by Gasteiger charge is -2.22. The Morgan fingerprint density at radius 1 is 1.43 bits per heavy atom. The van der Waals surface area contributed by atoms with Crippen molar-refractivity contribution in [1.82, 2.24) is 29.9 Å². The van der Waals surface area contributed by atoms with Crippen LogP contribution in [0.1, 0.15) is 23.8 Å². The molecule has 23 heavy (non-hydrogen) atoms. The average Bonchev–Trinajstić information content (AvgIpc) is 3.15. The minimum atomic E-state index is -0.0224. The van der Waals surface area contributed by atoms with E-state index in [1.165, 1.54) is 10.4 Å². The van der Waals surface area contributed by atoms with Gasteiger partial charge in [0, 0.05) is 18.0 Å². The first kappa shape index (κ1) is 14.7. The number of hydrogen-bond donors (Lipinski definition) is 2. The molecule has 0 saturated carbocycles. The second kappa shape index (κ2) is 5.66. The Balaban J connectivity index is 1.95. The number of aliphatic hydroxyl groups is 1. The number of likely N-dealkylation sites (N-methyl/N-ethyl adjacent to an activating group) is 1. The van der Waals surface area contributed by atoms with Gasteiger partial charge in [-0.1, -0.05) is 12.0 Å². The standard InChI is InChI=1S/C14H19N7OS/c1-3-8(7-22)15-12-11-9-4-5-20(2)6-10(9)23-13(11)21-14(16-12)17-18-19-21/h8,22H,3-7H2,1-2H3,(H,15,16,17,19)/t8-/m0/s1. The Hall–Kier alpha value is -1.84. The van der Waals surface area contributed by atoms with E-state index in [1.54, 1.807) is 15.9 Å². The van der Waals surface area contributed by atoms with Crippen LogP contribution in [0.2, 0.25) is 0 Å². The Morgan fingerprint density at radius 3 is 3.09 bits per heavy atom. The van der Waals surface area contributed by atoms with Crippen molar-refractivity contribution in [2.45, 2.75) is 32.4 Å². The molecule has 1 aliphatic heterocycles. The second-order valence-corrected chi connectivity index (χ2v) is 7.04. The molecule has 3 aromatic heterocycles. The Kier molecular flexibility index (Phi) is 3.63. The van der Waals surface area contributed by atoms with Gasteiger partial charge in [0.2, 0.25) is 0 Å². The molecule has 0 aliphatic carbocycles. The van der Waals surface area contributed by atoms with Gasteiger partial charge in [-0.25, -0.2) is 0 Å². The van der Waals surface area contributed by atoms with Gasteiger partial charge in [-0.05, 0) is 35.9 Å². The summed E-state index contributed by atoms with van der Waals surface area (Å²) in [7, 11) is 2.14. The molecule has 0 spiro atoms. The summed E-state index contributed by atoms with van der Waals surface area (Å²) >= 11 is 1.73. The van der Waals surface area contributed by atoms with E-state index in [-0.39, 0.29) is 12.6 Å². The molecule has 0 unspecified atom stereocenters. The number of anilines is 1. The van der Waals surface area contributed by atoms with Crippen LogP contribution in [-0.2, 0) is 13.0 Å². The molecule has 0 fully saturated rings. The first-order valence-corrected chi connectivity index (χ1v) is 8.61. The van der Waals surface area contributed by atoms with E-state index in [1.807, 2.05) is 6.92 Å². The summed E-state index contributed by atoms with van der Waals surface area (Å²) in [6, 6.07) is -0.0224. The predicted molar refractivity (Wildman–Crippen MR) is 88.8 cm³/mol. The van der Waals surface area contributed by atoms with E-state index in [0.29, 0.717) is 5.78 Å². The summed E-state index contributed by atoms with van der Waals surface area (Å²) in [5.41, 5.74) is 1.34. The quantitative estimate of drug-likeness (QED) is 0.733. The molecule has 1 aliphatic rings. The highest BCUT2D eigenvalue weighted by Gasteiger charge is 2.25. The van der Waals surface area contributed by atoms with Crippen LogP contribution in [0.3, 0.4) is 0 Å². The molecule has 0 amide bonds. The Labute approximate surface area is 137 Å². The van der Waals surface area contributed by atoms with Crippen molar-refractivity contribution >= 4 is 33.1 Å². The van der Waals surface area contributed by atoms with E-state index < -0.39 is 0 Å². The number of nitrogens with one attached hydrogen (secondary N) is 1. The largest absolute Gasteiger partial charge is 0.394 e. The van der Waals surface area contributed by atoms with Crippen molar-refractivity contribution in [3.63, 3.8) is 0 Å². The third kappa shape index (κ3) is 2.35. The van der Waals surface area contributed by atoms with E-state index >= 15 is 0 Å². The average molecular weight is 333 g/mol. The number of thiophene rings is 1. The van der Waals surface area contributed by atoms with Crippen LogP contribution in [-0.4, -0.2) is 61.3 Å². The van der Waals surface area contributed by atoms with Crippen LogP contribution in [0.5, 0.6) is 0 Å². The normalized spacial score (nSPS) is 16.8. The van der Waals surface area contributed by atoms with Crippen LogP contribution in [0.4, 0.5) is 5.82 Å². The smallest absolute Gasteiger partial charge is 0.276 e. The van der Waals surface area contributed by atoms with Crippen LogP contribution in [0, 0.1) is 0 Å². The number of aliphatic hydroxyl groups excluding tert-OH is 1. The van der Waals surface area contributed by atoms with E-state index in [4.69, 9.17) is 0 Å². The molecule has 0 radical (unpaired) electrons. The Bertz CT molecular complexity index is 854. The summed E-state index contributed by atoms with van der Waals surface area (Å²) in [5.74, 6) is 1.27. The third-order valence-corrected chi connectivity index (χ3v) is 5.57. The molecule has 0 saturated heterocycles. The monoisotopic (exact) mass is 333 g/mol. The van der Waals surface area contributed by atoms with Crippen LogP contribution in [0.25, 0.3) is 16.0 Å². The van der Waals surface area contributed by atoms with Crippen molar-refractivity contribution in [1.29, 1.82) is 0 Å². The zero-order chi connectivity index (χ0) is 16.0.